The molecule has 37 heavy (non-hydrogen) atoms. The molecular formula is C30H33NO6. The Balaban J connectivity index is 1.40. The summed E-state index contributed by atoms with van der Waals surface area (Å²) in [5.41, 5.74) is 5.15. The van der Waals surface area contributed by atoms with E-state index in [-0.39, 0.29) is 18.9 Å². The molecule has 7 nitrogen and oxygen atoms in total. The fourth-order valence-electron chi connectivity index (χ4n) is 4.61. The Labute approximate surface area is 217 Å². The molecule has 0 aromatic heterocycles. The van der Waals surface area contributed by atoms with Crippen molar-refractivity contribution >= 4 is 12.1 Å². The van der Waals surface area contributed by atoms with E-state index >= 15 is 0 Å². The molecule has 1 aliphatic rings. The lowest BCUT2D eigenvalue weighted by Crippen LogP contribution is -2.42. The molecule has 1 aliphatic carbocycles. The van der Waals surface area contributed by atoms with Gasteiger partial charge in [0.25, 0.3) is 0 Å². The molecule has 0 fully saturated rings. The highest BCUT2D eigenvalue weighted by Gasteiger charge is 2.30. The number of fused-ring (bicyclic) bond motifs is 3. The molecule has 7 heteroatoms. The molecule has 3 aromatic rings. The maximum Gasteiger partial charge on any atom is 0.407 e. The first kappa shape index (κ1) is 26.1. The van der Waals surface area contributed by atoms with Gasteiger partial charge in [0.1, 0.15) is 12.6 Å². The second-order valence-electron chi connectivity index (χ2n) is 8.98. The van der Waals surface area contributed by atoms with Gasteiger partial charge in [-0.05, 0) is 53.3 Å². The van der Waals surface area contributed by atoms with Crippen LogP contribution in [0.4, 0.5) is 4.79 Å². The van der Waals surface area contributed by atoms with E-state index in [1.54, 1.807) is 18.2 Å². The van der Waals surface area contributed by atoms with Gasteiger partial charge >= 0.3 is 12.1 Å². The van der Waals surface area contributed by atoms with Gasteiger partial charge in [0.2, 0.25) is 0 Å². The van der Waals surface area contributed by atoms with Crippen LogP contribution in [0.15, 0.2) is 66.7 Å². The fourth-order valence-corrected chi connectivity index (χ4v) is 4.61. The normalized spacial score (nSPS) is 12.8. The van der Waals surface area contributed by atoms with Gasteiger partial charge in [0, 0.05) is 12.3 Å². The smallest absolute Gasteiger partial charge is 0.407 e. The lowest BCUT2D eigenvalue weighted by Gasteiger charge is -2.18. The number of amides is 1. The zero-order valence-corrected chi connectivity index (χ0v) is 21.2. The number of rotatable bonds is 12. The van der Waals surface area contributed by atoms with E-state index < -0.39 is 18.1 Å². The summed E-state index contributed by atoms with van der Waals surface area (Å²) in [5.74, 6) is -0.0676. The van der Waals surface area contributed by atoms with Crippen LogP contribution in [-0.2, 0) is 16.0 Å². The minimum Gasteiger partial charge on any atom is -0.490 e. The molecule has 0 bridgehead atoms. The predicted molar refractivity (Wildman–Crippen MR) is 141 cm³/mol. The number of aliphatic carboxylic acids is 1. The summed E-state index contributed by atoms with van der Waals surface area (Å²) in [6.45, 7) is 5.11. The molecule has 0 radical (unpaired) electrons. The summed E-state index contributed by atoms with van der Waals surface area (Å²) in [6.07, 6.45) is 1.26. The van der Waals surface area contributed by atoms with E-state index in [2.05, 4.69) is 24.4 Å². The zero-order chi connectivity index (χ0) is 26.2. The Morgan fingerprint density at radius 1 is 0.919 bits per heavy atom. The third-order valence-electron chi connectivity index (χ3n) is 6.44. The summed E-state index contributed by atoms with van der Waals surface area (Å²) in [4.78, 5) is 24.6. The van der Waals surface area contributed by atoms with Crippen molar-refractivity contribution in [2.75, 3.05) is 19.8 Å². The number of carbonyl (C=O) groups excluding carboxylic acids is 1. The molecule has 3 aromatic carbocycles. The van der Waals surface area contributed by atoms with Crippen LogP contribution in [-0.4, -0.2) is 43.0 Å². The lowest BCUT2D eigenvalue weighted by atomic mass is 9.98. The molecule has 1 unspecified atom stereocenters. The predicted octanol–water partition coefficient (Wildman–Crippen LogP) is 5.80. The molecular weight excluding hydrogens is 470 g/mol. The van der Waals surface area contributed by atoms with Crippen molar-refractivity contribution in [3.63, 3.8) is 0 Å². The van der Waals surface area contributed by atoms with Crippen LogP contribution in [0, 0.1) is 0 Å². The maximum atomic E-state index is 12.7. The van der Waals surface area contributed by atoms with Crippen molar-refractivity contribution in [1.29, 1.82) is 0 Å². The van der Waals surface area contributed by atoms with Crippen molar-refractivity contribution in [3.05, 3.63) is 83.4 Å². The van der Waals surface area contributed by atoms with Crippen molar-refractivity contribution in [2.45, 2.75) is 45.1 Å². The molecule has 0 saturated carbocycles. The first-order valence-electron chi connectivity index (χ1n) is 12.7. The Morgan fingerprint density at radius 2 is 1.59 bits per heavy atom. The van der Waals surface area contributed by atoms with Gasteiger partial charge in [0.05, 0.1) is 13.2 Å². The van der Waals surface area contributed by atoms with Gasteiger partial charge in [-0.3, -0.25) is 0 Å². The van der Waals surface area contributed by atoms with Crippen molar-refractivity contribution < 1.29 is 28.9 Å². The quantitative estimate of drug-likeness (QED) is 0.304. The molecule has 0 spiro atoms. The fraction of sp³-hybridized carbons (Fsp3) is 0.333. The van der Waals surface area contributed by atoms with Gasteiger partial charge < -0.3 is 24.6 Å². The number of nitrogens with one attached hydrogen (secondary N) is 1. The Hall–Kier alpha value is -4.00. The highest BCUT2D eigenvalue weighted by molar-refractivity contribution is 5.81. The Kier molecular flexibility index (Phi) is 8.67. The lowest BCUT2D eigenvalue weighted by molar-refractivity contribution is -0.139. The number of hydrogen-bond donors (Lipinski definition) is 2. The van der Waals surface area contributed by atoms with E-state index in [1.165, 1.54) is 0 Å². The number of carboxylic acid groups (broad SMARTS) is 1. The van der Waals surface area contributed by atoms with Crippen LogP contribution in [0.25, 0.3) is 11.1 Å². The standard InChI is InChI=1S/C30H33NO6/c1-3-5-16-36-27-15-14-20(18-28(27)35-4-2)17-26(29(32)33)31-30(34)37-19-25-23-12-8-6-10-21(23)22-11-7-9-13-24(22)25/h6-15,18,25-26H,3-5,16-17,19H2,1-2H3,(H,31,34)(H,32,33). The second-order valence-corrected chi connectivity index (χ2v) is 8.98. The molecule has 0 aliphatic heterocycles. The van der Waals surface area contributed by atoms with E-state index in [0.29, 0.717) is 30.3 Å². The van der Waals surface area contributed by atoms with Gasteiger partial charge in [-0.15, -0.1) is 0 Å². The molecule has 0 saturated heterocycles. The average Bonchev–Trinajstić information content (AvgIpc) is 3.22. The number of carbonyl (C=O) groups is 2. The van der Waals surface area contributed by atoms with Crippen LogP contribution >= 0.6 is 0 Å². The zero-order valence-electron chi connectivity index (χ0n) is 21.2. The number of alkyl carbamates (subject to hydrolysis) is 1. The largest absolute Gasteiger partial charge is 0.490 e. The van der Waals surface area contributed by atoms with Crippen LogP contribution in [0.1, 0.15) is 49.3 Å². The van der Waals surface area contributed by atoms with Gasteiger partial charge in [-0.1, -0.05) is 67.9 Å². The summed E-state index contributed by atoms with van der Waals surface area (Å²) in [5, 5.41) is 12.3. The first-order chi connectivity index (χ1) is 18.0. The third kappa shape index (κ3) is 6.23. The Bertz CT molecular complexity index is 1190. The number of hydrogen-bond acceptors (Lipinski definition) is 5. The monoisotopic (exact) mass is 503 g/mol. The maximum absolute atomic E-state index is 12.7. The summed E-state index contributed by atoms with van der Waals surface area (Å²) < 4.78 is 17.0. The van der Waals surface area contributed by atoms with E-state index in [4.69, 9.17) is 14.2 Å². The first-order valence-corrected chi connectivity index (χ1v) is 12.7. The van der Waals surface area contributed by atoms with E-state index in [0.717, 1.165) is 35.1 Å². The minimum atomic E-state index is -1.16. The molecule has 1 atom stereocenters. The summed E-state index contributed by atoms with van der Waals surface area (Å²) >= 11 is 0. The molecule has 4 rings (SSSR count). The highest BCUT2D eigenvalue weighted by Crippen LogP contribution is 2.44. The van der Waals surface area contributed by atoms with Gasteiger partial charge in [0.15, 0.2) is 11.5 Å². The number of unbranched alkanes of at least 4 members (excludes halogenated alkanes) is 1. The minimum absolute atomic E-state index is 0.0782. The van der Waals surface area contributed by atoms with Crippen LogP contribution in [0.3, 0.4) is 0 Å². The van der Waals surface area contributed by atoms with Crippen LogP contribution < -0.4 is 14.8 Å². The highest BCUT2D eigenvalue weighted by atomic mass is 16.5. The number of carboxylic acids is 1. The van der Waals surface area contributed by atoms with Crippen molar-refractivity contribution in [3.8, 4) is 22.6 Å². The van der Waals surface area contributed by atoms with Crippen LogP contribution in [0.5, 0.6) is 11.5 Å². The van der Waals surface area contributed by atoms with Gasteiger partial charge in [-0.25, -0.2) is 9.59 Å². The van der Waals surface area contributed by atoms with E-state index in [9.17, 15) is 14.7 Å². The molecule has 0 heterocycles. The number of benzene rings is 3. The summed E-state index contributed by atoms with van der Waals surface area (Å²) in [7, 11) is 0. The summed E-state index contributed by atoms with van der Waals surface area (Å²) in [6, 6.07) is 20.3. The van der Waals surface area contributed by atoms with Gasteiger partial charge in [-0.2, -0.15) is 0 Å². The SMILES string of the molecule is CCCCOc1ccc(CC(NC(=O)OCC2c3ccccc3-c3ccccc32)C(=O)O)cc1OCC. The average molecular weight is 504 g/mol. The molecule has 2 N–H and O–H groups in total. The molecule has 1 amide bonds. The van der Waals surface area contributed by atoms with Crippen molar-refractivity contribution in [1.82, 2.24) is 5.32 Å². The van der Waals surface area contributed by atoms with Crippen molar-refractivity contribution in [2.24, 2.45) is 0 Å². The second kappa shape index (κ2) is 12.3. The third-order valence-corrected chi connectivity index (χ3v) is 6.44. The molecule has 194 valence electrons. The van der Waals surface area contributed by atoms with Crippen LogP contribution in [0.2, 0.25) is 0 Å². The Morgan fingerprint density at radius 3 is 2.22 bits per heavy atom. The topological polar surface area (TPSA) is 94.1 Å². The van der Waals surface area contributed by atoms with E-state index in [1.807, 2.05) is 43.3 Å². The number of ether oxygens (including phenoxy) is 3.